The monoisotopic (exact) mass is 235 g/mol. The van der Waals surface area contributed by atoms with Crippen molar-refractivity contribution in [2.45, 2.75) is 6.92 Å². The fourth-order valence-corrected chi connectivity index (χ4v) is 1.51. The fraction of sp³-hybridized carbons (Fsp3) is 0.308. The molecule has 1 unspecified atom stereocenters. The molecule has 2 aromatic rings. The lowest BCUT2D eigenvalue weighted by molar-refractivity contribution is 0.273. The Bertz CT molecular complexity index is 472. The quantitative estimate of drug-likeness (QED) is 0.757. The van der Waals surface area contributed by atoms with Gasteiger partial charge in [-0.1, -0.05) is 13.0 Å². The van der Waals surface area contributed by atoms with Gasteiger partial charge in [0.2, 0.25) is 0 Å². The topological polar surface area (TPSA) is 22.1 Å². The molecule has 1 heterocycles. The minimum Gasteiger partial charge on any atom is -0.493 e. The Hall–Kier alpha value is -1.28. The average Bonchev–Trinajstić information content (AvgIpc) is 2.35. The van der Waals surface area contributed by atoms with E-state index in [1.165, 1.54) is 0 Å². The van der Waals surface area contributed by atoms with Crippen molar-refractivity contribution in [2.75, 3.05) is 12.5 Å². The summed E-state index contributed by atoms with van der Waals surface area (Å²) in [6, 6.07) is 9.90. The predicted octanol–water partition coefficient (Wildman–Crippen LogP) is 3.49. The molecule has 1 aromatic heterocycles. The Kier molecular flexibility index (Phi) is 3.62. The van der Waals surface area contributed by atoms with Crippen LogP contribution >= 0.6 is 11.6 Å². The Morgan fingerprint density at radius 2 is 2.25 bits per heavy atom. The molecule has 0 fully saturated rings. The molecule has 0 saturated heterocycles. The highest BCUT2D eigenvalue weighted by Gasteiger charge is 2.02. The third-order valence-corrected chi connectivity index (χ3v) is 2.90. The number of rotatable bonds is 4. The second-order valence-electron chi connectivity index (χ2n) is 3.93. The summed E-state index contributed by atoms with van der Waals surface area (Å²) in [7, 11) is 0. The number of fused-ring (bicyclic) bond motifs is 1. The minimum atomic E-state index is 0.362. The lowest BCUT2D eigenvalue weighted by Crippen LogP contribution is -2.09. The van der Waals surface area contributed by atoms with E-state index in [4.69, 9.17) is 16.3 Å². The van der Waals surface area contributed by atoms with Gasteiger partial charge in [0, 0.05) is 29.4 Å². The van der Waals surface area contributed by atoms with Crippen LogP contribution in [0, 0.1) is 5.92 Å². The molecule has 1 atom stereocenters. The van der Waals surface area contributed by atoms with E-state index in [0.29, 0.717) is 18.4 Å². The van der Waals surface area contributed by atoms with Gasteiger partial charge in [-0.15, -0.1) is 11.6 Å². The normalized spacial score (nSPS) is 12.6. The standard InChI is InChI=1S/C13H14ClNO/c1-10(8-14)9-16-12-5-4-11-3-2-6-15-13(11)7-12/h2-7,10H,8-9H2,1H3. The molecule has 84 valence electrons. The molecule has 0 N–H and O–H groups in total. The summed E-state index contributed by atoms with van der Waals surface area (Å²) < 4.78 is 5.64. The first-order chi connectivity index (χ1) is 7.79. The van der Waals surface area contributed by atoms with Gasteiger partial charge >= 0.3 is 0 Å². The van der Waals surface area contributed by atoms with Crippen LogP contribution in [0.15, 0.2) is 36.5 Å². The molecule has 0 aliphatic carbocycles. The first-order valence-electron chi connectivity index (χ1n) is 5.33. The third-order valence-electron chi connectivity index (χ3n) is 2.38. The van der Waals surface area contributed by atoms with Crippen molar-refractivity contribution in [2.24, 2.45) is 5.92 Å². The lowest BCUT2D eigenvalue weighted by Gasteiger charge is -2.10. The van der Waals surface area contributed by atoms with Crippen molar-refractivity contribution in [1.82, 2.24) is 4.98 Å². The van der Waals surface area contributed by atoms with Crippen LogP contribution in [0.2, 0.25) is 0 Å². The summed E-state index contributed by atoms with van der Waals surface area (Å²) >= 11 is 5.72. The maximum absolute atomic E-state index is 5.72. The summed E-state index contributed by atoms with van der Waals surface area (Å²) in [5, 5.41) is 1.13. The predicted molar refractivity (Wildman–Crippen MR) is 67.1 cm³/mol. The van der Waals surface area contributed by atoms with Gasteiger partial charge in [0.25, 0.3) is 0 Å². The highest BCUT2D eigenvalue weighted by atomic mass is 35.5. The summed E-state index contributed by atoms with van der Waals surface area (Å²) in [5.41, 5.74) is 0.957. The van der Waals surface area contributed by atoms with Crippen molar-refractivity contribution < 1.29 is 4.74 Å². The SMILES string of the molecule is CC(CCl)COc1ccc2cccnc2c1. The Morgan fingerprint density at radius 1 is 1.38 bits per heavy atom. The molecule has 0 radical (unpaired) electrons. The molecule has 16 heavy (non-hydrogen) atoms. The second kappa shape index (κ2) is 5.17. The van der Waals surface area contributed by atoms with E-state index in [1.54, 1.807) is 6.20 Å². The molecular weight excluding hydrogens is 222 g/mol. The Morgan fingerprint density at radius 3 is 3.06 bits per heavy atom. The van der Waals surface area contributed by atoms with E-state index >= 15 is 0 Å². The van der Waals surface area contributed by atoms with Crippen LogP contribution in [0.3, 0.4) is 0 Å². The molecule has 0 saturated carbocycles. The maximum atomic E-state index is 5.72. The Labute approximate surface area is 100 Å². The number of benzene rings is 1. The zero-order valence-electron chi connectivity index (χ0n) is 9.19. The van der Waals surface area contributed by atoms with Crippen molar-refractivity contribution in [3.05, 3.63) is 36.5 Å². The van der Waals surface area contributed by atoms with Crippen LogP contribution in [-0.2, 0) is 0 Å². The van der Waals surface area contributed by atoms with Gasteiger partial charge in [0.1, 0.15) is 5.75 Å². The lowest BCUT2D eigenvalue weighted by atomic mass is 10.2. The van der Waals surface area contributed by atoms with Gasteiger partial charge in [0.15, 0.2) is 0 Å². The first kappa shape index (κ1) is 11.2. The van der Waals surface area contributed by atoms with Crippen LogP contribution in [0.1, 0.15) is 6.92 Å². The highest BCUT2D eigenvalue weighted by molar-refractivity contribution is 6.18. The van der Waals surface area contributed by atoms with Crippen molar-refractivity contribution in [1.29, 1.82) is 0 Å². The van der Waals surface area contributed by atoms with Gasteiger partial charge in [-0.05, 0) is 18.2 Å². The van der Waals surface area contributed by atoms with E-state index in [2.05, 4.69) is 11.9 Å². The van der Waals surface area contributed by atoms with Crippen LogP contribution in [0.4, 0.5) is 0 Å². The van der Waals surface area contributed by atoms with E-state index in [-0.39, 0.29) is 0 Å². The number of hydrogen-bond donors (Lipinski definition) is 0. The minimum absolute atomic E-state index is 0.362. The number of hydrogen-bond acceptors (Lipinski definition) is 2. The maximum Gasteiger partial charge on any atom is 0.121 e. The number of alkyl halides is 1. The summed E-state index contributed by atoms with van der Waals surface area (Å²) in [4.78, 5) is 4.28. The second-order valence-corrected chi connectivity index (χ2v) is 4.24. The molecule has 2 rings (SSSR count). The summed E-state index contributed by atoms with van der Waals surface area (Å²) in [5.74, 6) is 1.83. The number of pyridine rings is 1. The summed E-state index contributed by atoms with van der Waals surface area (Å²) in [6.45, 7) is 2.70. The van der Waals surface area contributed by atoms with E-state index < -0.39 is 0 Å². The van der Waals surface area contributed by atoms with Gasteiger partial charge in [0.05, 0.1) is 12.1 Å². The van der Waals surface area contributed by atoms with Crippen molar-refractivity contribution in [3.63, 3.8) is 0 Å². The Balaban J connectivity index is 2.13. The van der Waals surface area contributed by atoms with Crippen LogP contribution < -0.4 is 4.74 Å². The highest BCUT2D eigenvalue weighted by Crippen LogP contribution is 2.19. The largest absolute Gasteiger partial charge is 0.493 e. The number of nitrogens with zero attached hydrogens (tertiary/aromatic N) is 1. The molecule has 0 aliphatic heterocycles. The fourth-order valence-electron chi connectivity index (χ4n) is 1.42. The van der Waals surface area contributed by atoms with Crippen LogP contribution in [-0.4, -0.2) is 17.5 Å². The molecule has 0 aliphatic rings. The molecule has 1 aromatic carbocycles. The van der Waals surface area contributed by atoms with Gasteiger partial charge in [-0.3, -0.25) is 4.98 Å². The molecule has 0 bridgehead atoms. The molecule has 0 spiro atoms. The molecule has 0 amide bonds. The number of halogens is 1. The van der Waals surface area contributed by atoms with E-state index in [0.717, 1.165) is 16.7 Å². The number of ether oxygens (including phenoxy) is 1. The van der Waals surface area contributed by atoms with Gasteiger partial charge in [-0.25, -0.2) is 0 Å². The zero-order chi connectivity index (χ0) is 11.4. The van der Waals surface area contributed by atoms with Crippen molar-refractivity contribution in [3.8, 4) is 5.75 Å². The van der Waals surface area contributed by atoms with E-state index in [1.807, 2.05) is 30.3 Å². The first-order valence-corrected chi connectivity index (χ1v) is 5.86. The van der Waals surface area contributed by atoms with Crippen molar-refractivity contribution >= 4 is 22.5 Å². The van der Waals surface area contributed by atoms with Gasteiger partial charge in [-0.2, -0.15) is 0 Å². The summed E-state index contributed by atoms with van der Waals surface area (Å²) in [6.07, 6.45) is 1.79. The third kappa shape index (κ3) is 2.64. The average molecular weight is 236 g/mol. The molecule has 3 heteroatoms. The molecule has 2 nitrogen and oxygen atoms in total. The van der Waals surface area contributed by atoms with Crippen LogP contribution in [0.5, 0.6) is 5.75 Å². The smallest absolute Gasteiger partial charge is 0.121 e. The number of aromatic nitrogens is 1. The van der Waals surface area contributed by atoms with Gasteiger partial charge < -0.3 is 4.74 Å². The molecular formula is C13H14ClNO. The van der Waals surface area contributed by atoms with Crippen LogP contribution in [0.25, 0.3) is 10.9 Å². The zero-order valence-corrected chi connectivity index (χ0v) is 9.95. The van der Waals surface area contributed by atoms with E-state index in [9.17, 15) is 0 Å².